The third kappa shape index (κ3) is 3.59. The molecule has 0 aromatic heterocycles. The number of nitrogens with zero attached hydrogens (tertiary/aromatic N) is 1. The molecule has 0 saturated carbocycles. The van der Waals surface area contributed by atoms with E-state index < -0.39 is 5.60 Å². The minimum atomic E-state index is -0.924. The van der Waals surface area contributed by atoms with Gasteiger partial charge in [-0.2, -0.15) is 5.26 Å². The van der Waals surface area contributed by atoms with Crippen LogP contribution in [0.25, 0.3) is 0 Å². The highest BCUT2D eigenvalue weighted by molar-refractivity contribution is 5.45. The Morgan fingerprint density at radius 2 is 1.75 bits per heavy atom. The van der Waals surface area contributed by atoms with Crippen molar-refractivity contribution in [3.63, 3.8) is 0 Å². The van der Waals surface area contributed by atoms with E-state index in [1.54, 1.807) is 6.92 Å². The third-order valence-electron chi connectivity index (χ3n) is 3.27. The first kappa shape index (κ1) is 14.1. The smallest absolute Gasteiger partial charge is 0.104 e. The van der Waals surface area contributed by atoms with E-state index >= 15 is 0 Å². The first-order valence-corrected chi connectivity index (χ1v) is 6.59. The number of anilines is 1. The van der Waals surface area contributed by atoms with Gasteiger partial charge in [0.1, 0.15) is 5.60 Å². The molecule has 0 radical (unpaired) electrons. The van der Waals surface area contributed by atoms with Crippen LogP contribution < -0.4 is 5.32 Å². The van der Waals surface area contributed by atoms with Gasteiger partial charge < -0.3 is 10.4 Å². The van der Waals surface area contributed by atoms with Gasteiger partial charge >= 0.3 is 0 Å². The van der Waals surface area contributed by atoms with Crippen LogP contribution in [-0.2, 0) is 12.0 Å². The molecule has 2 aromatic carbocycles. The van der Waals surface area contributed by atoms with Crippen LogP contribution in [0, 0.1) is 11.3 Å². The molecular weight excluding hydrogens is 248 g/mol. The summed E-state index contributed by atoms with van der Waals surface area (Å²) in [6, 6.07) is 19.4. The van der Waals surface area contributed by atoms with E-state index in [2.05, 4.69) is 11.4 Å². The monoisotopic (exact) mass is 266 g/mol. The van der Waals surface area contributed by atoms with Gasteiger partial charge in [-0.15, -0.1) is 0 Å². The largest absolute Gasteiger partial charge is 0.384 e. The van der Waals surface area contributed by atoms with E-state index in [9.17, 15) is 5.11 Å². The van der Waals surface area contributed by atoms with Crippen molar-refractivity contribution in [2.75, 3.05) is 11.9 Å². The van der Waals surface area contributed by atoms with Gasteiger partial charge in [0.05, 0.1) is 12.5 Å². The van der Waals surface area contributed by atoms with Gasteiger partial charge in [0, 0.05) is 12.2 Å². The molecule has 2 N–H and O–H groups in total. The molecule has 20 heavy (non-hydrogen) atoms. The second-order valence-electron chi connectivity index (χ2n) is 5.03. The zero-order valence-electron chi connectivity index (χ0n) is 11.5. The first-order valence-electron chi connectivity index (χ1n) is 6.59. The summed E-state index contributed by atoms with van der Waals surface area (Å²) in [6.07, 6.45) is 0.419. The second-order valence-corrected chi connectivity index (χ2v) is 5.03. The van der Waals surface area contributed by atoms with E-state index in [1.807, 2.05) is 54.6 Å². The molecule has 0 bridgehead atoms. The van der Waals surface area contributed by atoms with Crippen LogP contribution in [0.4, 0.5) is 5.69 Å². The summed E-state index contributed by atoms with van der Waals surface area (Å²) < 4.78 is 0. The number of hydrogen-bond donors (Lipinski definition) is 2. The van der Waals surface area contributed by atoms with Crippen molar-refractivity contribution in [3.05, 3.63) is 65.7 Å². The fourth-order valence-electron chi connectivity index (χ4n) is 2.01. The number of rotatable bonds is 5. The van der Waals surface area contributed by atoms with E-state index in [0.717, 1.165) is 16.8 Å². The van der Waals surface area contributed by atoms with E-state index in [1.165, 1.54) is 0 Å². The van der Waals surface area contributed by atoms with Crippen molar-refractivity contribution in [3.8, 4) is 6.07 Å². The molecule has 102 valence electrons. The highest BCUT2D eigenvalue weighted by Crippen LogP contribution is 2.21. The number of nitrogens with one attached hydrogen (secondary N) is 1. The van der Waals surface area contributed by atoms with Crippen molar-refractivity contribution in [1.29, 1.82) is 5.26 Å². The van der Waals surface area contributed by atoms with Crippen LogP contribution in [-0.4, -0.2) is 11.7 Å². The lowest BCUT2D eigenvalue weighted by Crippen LogP contribution is -2.30. The van der Waals surface area contributed by atoms with Gasteiger partial charge in [0.25, 0.3) is 0 Å². The molecule has 0 amide bonds. The molecule has 3 heteroatoms. The lowest BCUT2D eigenvalue weighted by Gasteiger charge is -2.24. The fourth-order valence-corrected chi connectivity index (χ4v) is 2.01. The fraction of sp³-hybridized carbons (Fsp3) is 0.235. The third-order valence-corrected chi connectivity index (χ3v) is 3.27. The number of hydrogen-bond acceptors (Lipinski definition) is 3. The Kier molecular flexibility index (Phi) is 4.39. The molecule has 1 unspecified atom stereocenters. The maximum absolute atomic E-state index is 10.5. The van der Waals surface area contributed by atoms with Crippen LogP contribution in [0.2, 0.25) is 0 Å². The maximum Gasteiger partial charge on any atom is 0.104 e. The Hall–Kier alpha value is -2.31. The average molecular weight is 266 g/mol. The van der Waals surface area contributed by atoms with Crippen molar-refractivity contribution in [2.45, 2.75) is 18.9 Å². The topological polar surface area (TPSA) is 56.0 Å². The highest BCUT2D eigenvalue weighted by atomic mass is 16.3. The maximum atomic E-state index is 10.5. The Morgan fingerprint density at radius 1 is 1.10 bits per heavy atom. The van der Waals surface area contributed by atoms with Crippen LogP contribution in [0.1, 0.15) is 18.1 Å². The molecule has 0 saturated heterocycles. The van der Waals surface area contributed by atoms with Crippen molar-refractivity contribution in [2.24, 2.45) is 0 Å². The number of benzene rings is 2. The minimum absolute atomic E-state index is 0.419. The zero-order chi connectivity index (χ0) is 14.4. The van der Waals surface area contributed by atoms with E-state index in [-0.39, 0.29) is 0 Å². The van der Waals surface area contributed by atoms with Crippen molar-refractivity contribution in [1.82, 2.24) is 0 Å². The van der Waals surface area contributed by atoms with Gasteiger partial charge in [-0.05, 0) is 30.2 Å². The molecule has 0 spiro atoms. The first-order chi connectivity index (χ1) is 9.62. The highest BCUT2D eigenvalue weighted by Gasteiger charge is 2.22. The summed E-state index contributed by atoms with van der Waals surface area (Å²) >= 11 is 0. The lowest BCUT2D eigenvalue weighted by molar-refractivity contribution is 0.0715. The molecular formula is C17H18N2O. The summed E-state index contributed by atoms with van der Waals surface area (Å²) in [5, 5.41) is 22.3. The molecule has 2 rings (SSSR count). The second kappa shape index (κ2) is 6.23. The number of nitriles is 1. The molecule has 0 fully saturated rings. The van der Waals surface area contributed by atoms with Crippen LogP contribution in [0.3, 0.4) is 0 Å². The van der Waals surface area contributed by atoms with Crippen LogP contribution >= 0.6 is 0 Å². The van der Waals surface area contributed by atoms with Gasteiger partial charge in [-0.1, -0.05) is 42.5 Å². The average Bonchev–Trinajstić information content (AvgIpc) is 2.48. The normalized spacial score (nSPS) is 13.2. The Bertz CT molecular complexity index is 583. The Balaban J connectivity index is 1.99. The Labute approximate surface area is 119 Å². The minimum Gasteiger partial charge on any atom is -0.384 e. The van der Waals surface area contributed by atoms with E-state index in [0.29, 0.717) is 13.0 Å². The molecule has 1 atom stereocenters. The van der Waals surface area contributed by atoms with Crippen LogP contribution in [0.5, 0.6) is 0 Å². The summed E-state index contributed by atoms with van der Waals surface area (Å²) in [5.41, 5.74) is 1.89. The standard InChI is InChI=1S/C17H18N2O/c1-17(20,15-5-3-2-4-6-15)13-19-16-9-7-14(8-10-16)11-12-18/h2-10,19-20H,11,13H2,1H3. The predicted molar refractivity (Wildman–Crippen MR) is 80.3 cm³/mol. The van der Waals surface area contributed by atoms with Gasteiger partial charge in [0.2, 0.25) is 0 Å². The summed E-state index contributed by atoms with van der Waals surface area (Å²) in [4.78, 5) is 0. The predicted octanol–water partition coefficient (Wildman–Crippen LogP) is 3.07. The summed E-state index contributed by atoms with van der Waals surface area (Å²) in [6.45, 7) is 2.22. The zero-order valence-corrected chi connectivity index (χ0v) is 11.5. The quantitative estimate of drug-likeness (QED) is 0.874. The van der Waals surface area contributed by atoms with Gasteiger partial charge in [-0.25, -0.2) is 0 Å². The number of aliphatic hydroxyl groups is 1. The summed E-state index contributed by atoms with van der Waals surface area (Å²) in [5.74, 6) is 0. The van der Waals surface area contributed by atoms with Crippen molar-refractivity contribution < 1.29 is 5.11 Å². The van der Waals surface area contributed by atoms with Gasteiger partial charge in [-0.3, -0.25) is 0 Å². The Morgan fingerprint density at radius 3 is 2.35 bits per heavy atom. The van der Waals surface area contributed by atoms with Gasteiger partial charge in [0.15, 0.2) is 0 Å². The van der Waals surface area contributed by atoms with Crippen LogP contribution in [0.15, 0.2) is 54.6 Å². The van der Waals surface area contributed by atoms with Crippen molar-refractivity contribution >= 4 is 5.69 Å². The lowest BCUT2D eigenvalue weighted by atomic mass is 9.96. The molecule has 3 nitrogen and oxygen atoms in total. The summed E-state index contributed by atoms with van der Waals surface area (Å²) in [7, 11) is 0. The molecule has 0 heterocycles. The molecule has 0 aliphatic carbocycles. The molecule has 2 aromatic rings. The molecule has 0 aliphatic rings. The van der Waals surface area contributed by atoms with E-state index in [4.69, 9.17) is 5.26 Å². The SMILES string of the molecule is CC(O)(CNc1ccc(CC#N)cc1)c1ccccc1. The molecule has 0 aliphatic heterocycles.